The number of anilines is 2. The molecule has 2 aliphatic rings. The molecule has 0 bridgehead atoms. The normalized spacial score (nSPS) is 25.3. The summed E-state index contributed by atoms with van der Waals surface area (Å²) in [4.78, 5) is 6.87. The van der Waals surface area contributed by atoms with Gasteiger partial charge in [-0.1, -0.05) is 6.07 Å². The lowest BCUT2D eigenvalue weighted by Gasteiger charge is -2.46. The van der Waals surface area contributed by atoms with E-state index in [0.717, 1.165) is 28.9 Å². The largest absolute Gasteiger partial charge is 0.384 e. The van der Waals surface area contributed by atoms with Gasteiger partial charge in [-0.05, 0) is 43.2 Å². The highest BCUT2D eigenvalue weighted by atomic mass is 19.2. The Morgan fingerprint density at radius 3 is 3.04 bits per heavy atom. The Morgan fingerprint density at radius 1 is 1.40 bits per heavy atom. The van der Waals surface area contributed by atoms with Crippen molar-refractivity contribution in [1.29, 1.82) is 0 Å². The first-order valence-corrected chi connectivity index (χ1v) is 8.54. The summed E-state index contributed by atoms with van der Waals surface area (Å²) in [5.41, 5.74) is 5.66. The monoisotopic (exact) mass is 343 g/mol. The van der Waals surface area contributed by atoms with E-state index < -0.39 is 5.60 Å². The topological polar surface area (TPSA) is 57.6 Å². The van der Waals surface area contributed by atoms with Crippen molar-refractivity contribution < 1.29 is 14.3 Å². The fourth-order valence-electron chi connectivity index (χ4n) is 3.92. The number of aromatic nitrogens is 1. The first-order valence-electron chi connectivity index (χ1n) is 8.54. The number of halogens is 1. The number of benzene rings is 1. The number of fused-ring (bicyclic) bond motifs is 3. The van der Waals surface area contributed by atoms with Gasteiger partial charge in [-0.2, -0.15) is 0 Å². The van der Waals surface area contributed by atoms with Gasteiger partial charge in [0.25, 0.3) is 0 Å². The van der Waals surface area contributed by atoms with Crippen LogP contribution in [-0.4, -0.2) is 35.9 Å². The minimum absolute atomic E-state index is 0.147. The lowest BCUT2D eigenvalue weighted by Crippen LogP contribution is -2.53. The van der Waals surface area contributed by atoms with Gasteiger partial charge >= 0.3 is 0 Å². The van der Waals surface area contributed by atoms with E-state index in [1.807, 2.05) is 19.9 Å². The summed E-state index contributed by atoms with van der Waals surface area (Å²) < 4.78 is 18.4. The lowest BCUT2D eigenvalue weighted by atomic mass is 9.85. The van der Waals surface area contributed by atoms with Crippen molar-refractivity contribution in [3.63, 3.8) is 0 Å². The molecular formula is C19H22FN3O2. The van der Waals surface area contributed by atoms with Crippen LogP contribution in [0.1, 0.15) is 24.6 Å². The van der Waals surface area contributed by atoms with E-state index in [-0.39, 0.29) is 6.04 Å². The fourth-order valence-corrected chi connectivity index (χ4v) is 3.92. The van der Waals surface area contributed by atoms with Crippen LogP contribution in [0.3, 0.4) is 0 Å². The maximum atomic E-state index is 12.8. The van der Waals surface area contributed by atoms with Crippen LogP contribution in [-0.2, 0) is 10.3 Å². The van der Waals surface area contributed by atoms with Crippen molar-refractivity contribution in [3.8, 4) is 11.1 Å². The smallest absolute Gasteiger partial charge is 0.108 e. The average Bonchev–Trinajstić information content (AvgIpc) is 2.61. The molecule has 2 unspecified atom stereocenters. The molecule has 0 aliphatic carbocycles. The molecule has 3 heterocycles. The standard InChI is InChI=1S/C19H22FN3O2/c1-12-3-4-14(22-20)8-16(12)13-7-17-18(21-10-13)19(2,24)9-15-11-25-6-5-23(15)17/h3-4,7-8,10,15,22,24H,5-6,9,11H2,1-2H3. The molecule has 1 saturated heterocycles. The maximum Gasteiger partial charge on any atom is 0.108 e. The van der Waals surface area contributed by atoms with E-state index in [1.54, 1.807) is 23.9 Å². The highest BCUT2D eigenvalue weighted by Gasteiger charge is 2.41. The zero-order chi connectivity index (χ0) is 17.6. The molecule has 1 fully saturated rings. The van der Waals surface area contributed by atoms with Crippen molar-refractivity contribution in [2.75, 3.05) is 30.2 Å². The van der Waals surface area contributed by atoms with Crippen LogP contribution in [0, 0.1) is 6.92 Å². The SMILES string of the molecule is Cc1ccc(NF)cc1-c1cnc2c(c1)N1CCOCC1CC2(C)O. The van der Waals surface area contributed by atoms with E-state index in [4.69, 9.17) is 4.74 Å². The summed E-state index contributed by atoms with van der Waals surface area (Å²) in [6.07, 6.45) is 2.37. The number of pyridine rings is 1. The molecule has 1 aromatic carbocycles. The van der Waals surface area contributed by atoms with Crippen LogP contribution in [0.2, 0.25) is 0 Å². The molecule has 2 aromatic rings. The number of nitrogens with one attached hydrogen (secondary N) is 1. The molecule has 6 heteroatoms. The van der Waals surface area contributed by atoms with Crippen molar-refractivity contribution in [3.05, 3.63) is 41.7 Å². The third-order valence-electron chi connectivity index (χ3n) is 5.21. The van der Waals surface area contributed by atoms with Crippen molar-refractivity contribution in [2.45, 2.75) is 31.9 Å². The summed E-state index contributed by atoms with van der Waals surface area (Å²) >= 11 is 0. The summed E-state index contributed by atoms with van der Waals surface area (Å²) in [5, 5.41) is 10.9. The Balaban J connectivity index is 1.84. The molecule has 0 radical (unpaired) electrons. The number of hydrogen-bond acceptors (Lipinski definition) is 5. The molecule has 0 spiro atoms. The zero-order valence-corrected chi connectivity index (χ0v) is 14.4. The average molecular weight is 343 g/mol. The highest BCUT2D eigenvalue weighted by Crippen LogP contribution is 2.42. The maximum absolute atomic E-state index is 12.8. The van der Waals surface area contributed by atoms with E-state index in [1.165, 1.54) is 0 Å². The van der Waals surface area contributed by atoms with Gasteiger partial charge in [-0.3, -0.25) is 4.98 Å². The molecular weight excluding hydrogens is 321 g/mol. The molecule has 2 N–H and O–H groups in total. The Morgan fingerprint density at radius 2 is 2.24 bits per heavy atom. The quantitative estimate of drug-likeness (QED) is 0.821. The summed E-state index contributed by atoms with van der Waals surface area (Å²) in [5.74, 6) is 0. The van der Waals surface area contributed by atoms with Crippen LogP contribution in [0.4, 0.5) is 15.9 Å². The van der Waals surface area contributed by atoms with Crippen LogP contribution in [0.25, 0.3) is 11.1 Å². The second-order valence-corrected chi connectivity index (χ2v) is 7.12. The minimum atomic E-state index is -0.979. The van der Waals surface area contributed by atoms with Crippen LogP contribution >= 0.6 is 0 Å². The van der Waals surface area contributed by atoms with E-state index in [2.05, 4.69) is 16.0 Å². The number of ether oxygens (including phenoxy) is 1. The van der Waals surface area contributed by atoms with Crippen LogP contribution < -0.4 is 10.4 Å². The van der Waals surface area contributed by atoms with Crippen molar-refractivity contribution in [2.24, 2.45) is 0 Å². The molecule has 2 aliphatic heterocycles. The molecule has 25 heavy (non-hydrogen) atoms. The number of hydrogen-bond donors (Lipinski definition) is 2. The predicted octanol–water partition coefficient (Wildman–Crippen LogP) is 3.17. The van der Waals surface area contributed by atoms with Gasteiger partial charge in [0.1, 0.15) is 5.60 Å². The first-order chi connectivity index (χ1) is 12.0. The van der Waals surface area contributed by atoms with Gasteiger partial charge in [-0.25, -0.2) is 5.54 Å². The van der Waals surface area contributed by atoms with Gasteiger partial charge in [0.05, 0.1) is 36.3 Å². The van der Waals surface area contributed by atoms with Gasteiger partial charge in [0, 0.05) is 24.7 Å². The molecule has 4 rings (SSSR count). The second-order valence-electron chi connectivity index (χ2n) is 7.12. The molecule has 132 valence electrons. The van der Waals surface area contributed by atoms with Crippen molar-refractivity contribution >= 4 is 11.4 Å². The first kappa shape index (κ1) is 16.3. The highest BCUT2D eigenvalue weighted by molar-refractivity contribution is 5.75. The van der Waals surface area contributed by atoms with Gasteiger partial charge in [-0.15, -0.1) is 4.48 Å². The van der Waals surface area contributed by atoms with Crippen molar-refractivity contribution in [1.82, 2.24) is 4.98 Å². The van der Waals surface area contributed by atoms with E-state index >= 15 is 0 Å². The number of morpholine rings is 1. The Hall–Kier alpha value is -2.18. The third kappa shape index (κ3) is 2.75. The van der Waals surface area contributed by atoms with Gasteiger partial charge in [0.2, 0.25) is 0 Å². The Kier molecular flexibility index (Phi) is 3.89. The van der Waals surface area contributed by atoms with Gasteiger partial charge in [0.15, 0.2) is 0 Å². The Bertz CT molecular complexity index is 809. The fraction of sp³-hybridized carbons (Fsp3) is 0.421. The second kappa shape index (κ2) is 5.97. The number of aryl methyl sites for hydroxylation is 1. The van der Waals surface area contributed by atoms with Crippen LogP contribution in [0.15, 0.2) is 30.5 Å². The molecule has 2 atom stereocenters. The number of rotatable bonds is 2. The molecule has 0 amide bonds. The predicted molar refractivity (Wildman–Crippen MR) is 95.3 cm³/mol. The zero-order valence-electron chi connectivity index (χ0n) is 14.4. The molecule has 1 aromatic heterocycles. The van der Waals surface area contributed by atoms with Gasteiger partial charge < -0.3 is 14.7 Å². The minimum Gasteiger partial charge on any atom is -0.384 e. The van der Waals surface area contributed by atoms with Crippen LogP contribution in [0.5, 0.6) is 0 Å². The number of aliphatic hydroxyl groups is 1. The molecule has 0 saturated carbocycles. The van der Waals surface area contributed by atoms with E-state index in [0.29, 0.717) is 31.0 Å². The Labute approximate surface area is 146 Å². The van der Waals surface area contributed by atoms with E-state index in [9.17, 15) is 9.59 Å². The molecule has 5 nitrogen and oxygen atoms in total. The lowest BCUT2D eigenvalue weighted by molar-refractivity contribution is 0.000936. The summed E-state index contributed by atoms with van der Waals surface area (Å²) in [6.45, 7) is 5.86. The summed E-state index contributed by atoms with van der Waals surface area (Å²) in [7, 11) is 0. The third-order valence-corrected chi connectivity index (χ3v) is 5.21. The number of nitrogens with zero attached hydrogens (tertiary/aromatic N) is 2. The summed E-state index contributed by atoms with van der Waals surface area (Å²) in [6, 6.07) is 7.56.